The third kappa shape index (κ3) is 3.62. The van der Waals surface area contributed by atoms with E-state index in [1.54, 1.807) is 18.2 Å². The molecule has 5 rings (SSSR count). The summed E-state index contributed by atoms with van der Waals surface area (Å²) < 4.78 is 108. The minimum Gasteiger partial charge on any atom is -0.458 e. The Morgan fingerprint density at radius 3 is 1.56 bits per heavy atom. The van der Waals surface area contributed by atoms with E-state index in [2.05, 4.69) is 4.18 Å². The standard InChI is InChI=1S/C20H12BF3O8S2/c1-33(25,26)31-15-9-3-7-13-18(15)21-17-11(29-13)5-2-6-12(17)30-14-8-4-10-16(19(14)21)32-34(27,28)20(22,23)24/h2-10H,1H3. The summed E-state index contributed by atoms with van der Waals surface area (Å²) in [4.78, 5) is 0. The smallest absolute Gasteiger partial charge is 0.458 e. The molecule has 2 heterocycles. The lowest BCUT2D eigenvalue weighted by atomic mass is 9.34. The number of ether oxygens (including phenoxy) is 2. The van der Waals surface area contributed by atoms with Gasteiger partial charge in [0, 0.05) is 16.4 Å². The molecule has 3 aromatic rings. The molecule has 0 fully saturated rings. The lowest BCUT2D eigenvalue weighted by molar-refractivity contribution is -0.0499. The first-order valence-corrected chi connectivity index (χ1v) is 12.7. The SMILES string of the molecule is CS(=O)(=O)Oc1cccc2c1B1c3c(cccc3Oc3cccc(OS(=O)(=O)C(F)(F)F)c31)O2. The maximum atomic E-state index is 13.1. The van der Waals surface area contributed by atoms with Crippen molar-refractivity contribution in [2.75, 3.05) is 6.26 Å². The van der Waals surface area contributed by atoms with Crippen LogP contribution in [0.25, 0.3) is 0 Å². The van der Waals surface area contributed by atoms with Crippen molar-refractivity contribution in [1.29, 1.82) is 0 Å². The van der Waals surface area contributed by atoms with Gasteiger partial charge in [0.05, 0.1) is 6.26 Å². The van der Waals surface area contributed by atoms with E-state index in [9.17, 15) is 30.0 Å². The Morgan fingerprint density at radius 2 is 1.12 bits per heavy atom. The summed E-state index contributed by atoms with van der Waals surface area (Å²) in [6.07, 6.45) is 0.831. The van der Waals surface area contributed by atoms with Crippen LogP contribution in [0.15, 0.2) is 54.6 Å². The number of fused-ring (bicyclic) bond motifs is 4. The molecule has 0 radical (unpaired) electrons. The van der Waals surface area contributed by atoms with Crippen LogP contribution in [0.1, 0.15) is 0 Å². The van der Waals surface area contributed by atoms with Crippen LogP contribution in [-0.4, -0.2) is 35.3 Å². The van der Waals surface area contributed by atoms with Crippen molar-refractivity contribution in [2.45, 2.75) is 5.51 Å². The Morgan fingerprint density at radius 1 is 0.706 bits per heavy atom. The molecule has 14 heteroatoms. The third-order valence-electron chi connectivity index (χ3n) is 5.11. The first kappa shape index (κ1) is 22.4. The predicted molar refractivity (Wildman–Crippen MR) is 115 cm³/mol. The van der Waals surface area contributed by atoms with Crippen molar-refractivity contribution in [1.82, 2.24) is 0 Å². The minimum absolute atomic E-state index is 0.0199. The van der Waals surface area contributed by atoms with Gasteiger partial charge in [-0.3, -0.25) is 0 Å². The Kier molecular flexibility index (Phi) is 4.81. The molecule has 3 aromatic carbocycles. The van der Waals surface area contributed by atoms with Gasteiger partial charge in [-0.2, -0.15) is 30.0 Å². The molecule has 0 bridgehead atoms. The molecule has 0 amide bonds. The van der Waals surface area contributed by atoms with Crippen molar-refractivity contribution in [2.24, 2.45) is 0 Å². The van der Waals surface area contributed by atoms with E-state index >= 15 is 0 Å². The molecular weight excluding hydrogens is 500 g/mol. The van der Waals surface area contributed by atoms with Gasteiger partial charge in [0.25, 0.3) is 6.71 Å². The molecule has 176 valence electrons. The fraction of sp³-hybridized carbons (Fsp3) is 0.100. The van der Waals surface area contributed by atoms with Gasteiger partial charge in [-0.1, -0.05) is 18.2 Å². The number of rotatable bonds is 4. The van der Waals surface area contributed by atoms with Crippen LogP contribution in [0.2, 0.25) is 0 Å². The van der Waals surface area contributed by atoms with Gasteiger partial charge < -0.3 is 17.8 Å². The fourth-order valence-corrected chi connectivity index (χ4v) is 4.87. The van der Waals surface area contributed by atoms with Crippen molar-refractivity contribution >= 4 is 43.3 Å². The summed E-state index contributed by atoms with van der Waals surface area (Å²) in [5.74, 6) is -0.0333. The maximum absolute atomic E-state index is 13.1. The van der Waals surface area contributed by atoms with E-state index in [4.69, 9.17) is 13.7 Å². The average Bonchev–Trinajstić information content (AvgIpc) is 2.71. The van der Waals surface area contributed by atoms with Gasteiger partial charge in [-0.25, -0.2) is 0 Å². The number of alkyl halides is 3. The average molecular weight is 512 g/mol. The first-order chi connectivity index (χ1) is 15.9. The second kappa shape index (κ2) is 7.31. The van der Waals surface area contributed by atoms with E-state index in [-0.39, 0.29) is 39.7 Å². The Hall–Kier alpha value is -3.39. The highest BCUT2D eigenvalue weighted by atomic mass is 32.2. The van der Waals surface area contributed by atoms with Gasteiger partial charge in [0.2, 0.25) is 0 Å². The maximum Gasteiger partial charge on any atom is 0.534 e. The van der Waals surface area contributed by atoms with Crippen LogP contribution in [-0.2, 0) is 20.2 Å². The van der Waals surface area contributed by atoms with Gasteiger partial charge in [-0.15, -0.1) is 0 Å². The van der Waals surface area contributed by atoms with Crippen molar-refractivity contribution in [3.05, 3.63) is 54.6 Å². The predicted octanol–water partition coefficient (Wildman–Crippen LogP) is 1.98. The number of hydrogen-bond donors (Lipinski definition) is 0. The van der Waals surface area contributed by atoms with E-state index in [1.165, 1.54) is 30.3 Å². The molecule has 0 aromatic heterocycles. The molecular formula is C20H12BF3O8S2. The van der Waals surface area contributed by atoms with Gasteiger partial charge in [-0.05, 0) is 36.4 Å². The molecule has 0 spiro atoms. The topological polar surface area (TPSA) is 105 Å². The van der Waals surface area contributed by atoms with Crippen LogP contribution < -0.4 is 34.2 Å². The molecule has 0 N–H and O–H groups in total. The van der Waals surface area contributed by atoms with Crippen LogP contribution in [0.4, 0.5) is 13.2 Å². The van der Waals surface area contributed by atoms with Crippen LogP contribution in [0.3, 0.4) is 0 Å². The number of halogens is 3. The van der Waals surface area contributed by atoms with Gasteiger partial charge >= 0.3 is 25.7 Å². The van der Waals surface area contributed by atoms with Crippen LogP contribution in [0, 0.1) is 0 Å². The molecule has 0 saturated heterocycles. The highest BCUT2D eigenvalue weighted by Crippen LogP contribution is 2.38. The number of hydrogen-bond acceptors (Lipinski definition) is 8. The normalized spacial score (nSPS) is 14.2. The molecule has 0 unspecified atom stereocenters. The fourth-order valence-electron chi connectivity index (χ4n) is 3.93. The second-order valence-electron chi connectivity index (χ2n) is 7.41. The van der Waals surface area contributed by atoms with Gasteiger partial charge in [0.1, 0.15) is 34.5 Å². The van der Waals surface area contributed by atoms with E-state index in [0.29, 0.717) is 5.46 Å². The lowest BCUT2D eigenvalue weighted by Gasteiger charge is -2.34. The van der Waals surface area contributed by atoms with Crippen LogP contribution in [0.5, 0.6) is 34.5 Å². The lowest BCUT2D eigenvalue weighted by Crippen LogP contribution is -2.58. The van der Waals surface area contributed by atoms with E-state index in [1.807, 2.05) is 0 Å². The monoisotopic (exact) mass is 512 g/mol. The van der Waals surface area contributed by atoms with E-state index in [0.717, 1.165) is 12.3 Å². The van der Waals surface area contributed by atoms with Crippen LogP contribution >= 0.6 is 0 Å². The Labute approximate surface area is 192 Å². The molecule has 0 atom stereocenters. The van der Waals surface area contributed by atoms with Crippen molar-refractivity contribution in [3.8, 4) is 34.5 Å². The summed E-state index contributed by atoms with van der Waals surface area (Å²) in [6.45, 7) is -1.03. The summed E-state index contributed by atoms with van der Waals surface area (Å²) in [5.41, 5.74) is -5.25. The van der Waals surface area contributed by atoms with Gasteiger partial charge in [0.15, 0.2) is 0 Å². The summed E-state index contributed by atoms with van der Waals surface area (Å²) in [7, 11) is -10.0. The molecule has 8 nitrogen and oxygen atoms in total. The molecule has 0 saturated carbocycles. The summed E-state index contributed by atoms with van der Waals surface area (Å²) >= 11 is 0. The number of benzene rings is 3. The Bertz CT molecular complexity index is 1540. The van der Waals surface area contributed by atoms with Crippen molar-refractivity contribution < 1.29 is 47.8 Å². The zero-order valence-corrected chi connectivity index (χ0v) is 18.6. The molecule has 0 aliphatic carbocycles. The molecule has 34 heavy (non-hydrogen) atoms. The summed E-state index contributed by atoms with van der Waals surface area (Å²) in [5, 5.41) is 0. The molecule has 2 aliphatic heterocycles. The summed E-state index contributed by atoms with van der Waals surface area (Å²) in [6, 6.07) is 12.9. The highest BCUT2D eigenvalue weighted by Gasteiger charge is 2.50. The minimum atomic E-state index is -6.02. The second-order valence-corrected chi connectivity index (χ2v) is 10.5. The van der Waals surface area contributed by atoms with Crippen molar-refractivity contribution in [3.63, 3.8) is 0 Å². The zero-order valence-electron chi connectivity index (χ0n) is 17.0. The zero-order chi connectivity index (χ0) is 24.5. The highest BCUT2D eigenvalue weighted by molar-refractivity contribution is 7.88. The first-order valence-electron chi connectivity index (χ1n) is 9.50. The quantitative estimate of drug-likeness (QED) is 0.205. The largest absolute Gasteiger partial charge is 0.534 e. The molecule has 2 aliphatic rings. The Balaban J connectivity index is 1.80. The third-order valence-corrected chi connectivity index (χ3v) is 6.56. The van der Waals surface area contributed by atoms with E-state index < -0.39 is 38.2 Å².